The molecule has 0 saturated heterocycles. The molecule has 0 atom stereocenters. The Balaban J connectivity index is 1.99. The predicted octanol–water partition coefficient (Wildman–Crippen LogP) is 4.55. The third kappa shape index (κ3) is 4.23. The minimum atomic E-state index is -3.88. The smallest absolute Gasteiger partial charge is 0.298 e. The summed E-state index contributed by atoms with van der Waals surface area (Å²) in [6, 6.07) is 18.1. The number of sulfonamides is 1. The van der Waals surface area contributed by atoms with Crippen molar-refractivity contribution in [2.75, 3.05) is 10.8 Å². The molecule has 0 unspecified atom stereocenters. The zero-order valence-corrected chi connectivity index (χ0v) is 15.9. The van der Waals surface area contributed by atoms with Gasteiger partial charge in [0.15, 0.2) is 0 Å². The Morgan fingerprint density at radius 2 is 1.89 bits per heavy atom. The lowest BCUT2D eigenvalue weighted by molar-refractivity contribution is 0.307. The monoisotopic (exact) mass is 383 g/mol. The summed E-state index contributed by atoms with van der Waals surface area (Å²) in [5.41, 5.74) is 2.40. The molecule has 0 aliphatic rings. The average Bonchev–Trinajstić information content (AvgIpc) is 3.21. The van der Waals surface area contributed by atoms with E-state index in [0.29, 0.717) is 18.0 Å². The summed E-state index contributed by atoms with van der Waals surface area (Å²) in [6.45, 7) is 6.04. The maximum Gasteiger partial charge on any atom is 0.298 e. The minimum Gasteiger partial charge on any atom is -0.487 e. The number of hydrogen-bond donors (Lipinski definition) is 0. The van der Waals surface area contributed by atoms with Gasteiger partial charge in [0.1, 0.15) is 12.4 Å². The number of nitrogens with zero attached hydrogens (tertiary/aromatic N) is 1. The normalized spacial score (nSPS) is 11.1. The van der Waals surface area contributed by atoms with Crippen LogP contribution in [0.4, 0.5) is 5.69 Å². The van der Waals surface area contributed by atoms with Crippen LogP contribution in [0.2, 0.25) is 0 Å². The molecule has 3 rings (SSSR count). The first kappa shape index (κ1) is 18.8. The molecular weight excluding hydrogens is 362 g/mol. The van der Waals surface area contributed by atoms with Crippen molar-refractivity contribution in [2.45, 2.75) is 18.6 Å². The summed E-state index contributed by atoms with van der Waals surface area (Å²) in [4.78, 5) is 0. The summed E-state index contributed by atoms with van der Waals surface area (Å²) in [5.74, 6) is 0.482. The Hall–Kier alpha value is -2.99. The molecule has 1 aromatic heterocycles. The van der Waals surface area contributed by atoms with Crippen molar-refractivity contribution in [3.63, 3.8) is 0 Å². The Kier molecular flexibility index (Phi) is 5.66. The standard InChI is InChI=1S/C21H21NO4S/c1-3-13-22(27(23,24)21-10-7-14-25-21)19-12-11-17(2)15-20(19)26-16-18-8-5-4-6-9-18/h3-12,14-15H,1,13,16H2,2H3. The highest BCUT2D eigenvalue weighted by Crippen LogP contribution is 2.34. The number of hydrogen-bond acceptors (Lipinski definition) is 4. The Labute approximate surface area is 159 Å². The third-order valence-corrected chi connectivity index (χ3v) is 5.62. The van der Waals surface area contributed by atoms with Gasteiger partial charge in [0.2, 0.25) is 5.09 Å². The highest BCUT2D eigenvalue weighted by molar-refractivity contribution is 7.92. The van der Waals surface area contributed by atoms with Crippen LogP contribution in [0, 0.1) is 6.92 Å². The van der Waals surface area contributed by atoms with E-state index in [1.54, 1.807) is 12.1 Å². The maximum atomic E-state index is 13.0. The van der Waals surface area contributed by atoms with E-state index in [2.05, 4.69) is 6.58 Å². The van der Waals surface area contributed by atoms with Gasteiger partial charge >= 0.3 is 0 Å². The molecule has 0 fully saturated rings. The minimum absolute atomic E-state index is 0.0911. The van der Waals surface area contributed by atoms with Crippen molar-refractivity contribution in [1.82, 2.24) is 0 Å². The topological polar surface area (TPSA) is 59.8 Å². The lowest BCUT2D eigenvalue weighted by Crippen LogP contribution is -2.31. The van der Waals surface area contributed by atoms with Crippen LogP contribution in [-0.2, 0) is 16.6 Å². The van der Waals surface area contributed by atoms with E-state index in [0.717, 1.165) is 11.1 Å². The maximum absolute atomic E-state index is 13.0. The quantitative estimate of drug-likeness (QED) is 0.536. The second-order valence-corrected chi connectivity index (χ2v) is 7.80. The zero-order valence-electron chi connectivity index (χ0n) is 15.0. The van der Waals surface area contributed by atoms with Crippen molar-refractivity contribution >= 4 is 15.7 Å². The fraction of sp³-hybridized carbons (Fsp3) is 0.143. The molecule has 0 aliphatic carbocycles. The van der Waals surface area contributed by atoms with Crippen molar-refractivity contribution in [1.29, 1.82) is 0 Å². The molecule has 0 amide bonds. The van der Waals surface area contributed by atoms with Crippen LogP contribution >= 0.6 is 0 Å². The molecule has 2 aromatic carbocycles. The summed E-state index contributed by atoms with van der Waals surface area (Å²) in [5, 5.41) is -0.126. The zero-order chi connectivity index (χ0) is 19.3. The van der Waals surface area contributed by atoms with E-state index in [4.69, 9.17) is 9.15 Å². The molecule has 3 aromatic rings. The number of benzene rings is 2. The van der Waals surface area contributed by atoms with Crippen LogP contribution in [0.1, 0.15) is 11.1 Å². The molecule has 5 nitrogen and oxygen atoms in total. The first-order valence-electron chi connectivity index (χ1n) is 8.47. The molecule has 0 spiro atoms. The van der Waals surface area contributed by atoms with Gasteiger partial charge in [0.05, 0.1) is 18.5 Å². The van der Waals surface area contributed by atoms with E-state index >= 15 is 0 Å². The number of rotatable bonds is 8. The van der Waals surface area contributed by atoms with Crippen LogP contribution in [0.15, 0.2) is 89.1 Å². The van der Waals surface area contributed by atoms with Crippen LogP contribution in [0.5, 0.6) is 5.75 Å². The van der Waals surface area contributed by atoms with Crippen LogP contribution in [0.3, 0.4) is 0 Å². The van der Waals surface area contributed by atoms with Gasteiger partial charge < -0.3 is 9.15 Å². The van der Waals surface area contributed by atoms with Gasteiger partial charge in [0.25, 0.3) is 10.0 Å². The van der Waals surface area contributed by atoms with Crippen molar-refractivity contribution < 1.29 is 17.6 Å². The Morgan fingerprint density at radius 1 is 1.11 bits per heavy atom. The van der Waals surface area contributed by atoms with Crippen molar-refractivity contribution in [2.24, 2.45) is 0 Å². The van der Waals surface area contributed by atoms with Gasteiger partial charge in [-0.2, -0.15) is 8.42 Å². The van der Waals surface area contributed by atoms with Crippen LogP contribution < -0.4 is 9.04 Å². The van der Waals surface area contributed by atoms with E-state index in [1.165, 1.54) is 22.7 Å². The highest BCUT2D eigenvalue weighted by atomic mass is 32.2. The number of furan rings is 1. The van der Waals surface area contributed by atoms with Gasteiger partial charge in [-0.05, 0) is 42.3 Å². The fourth-order valence-electron chi connectivity index (χ4n) is 2.64. The lowest BCUT2D eigenvalue weighted by Gasteiger charge is -2.24. The molecule has 27 heavy (non-hydrogen) atoms. The summed E-state index contributed by atoms with van der Waals surface area (Å²) in [6.07, 6.45) is 2.86. The third-order valence-electron chi connectivity index (χ3n) is 3.96. The molecule has 0 radical (unpaired) electrons. The van der Waals surface area contributed by atoms with E-state index in [9.17, 15) is 8.42 Å². The first-order chi connectivity index (χ1) is 13.0. The van der Waals surface area contributed by atoms with Gasteiger partial charge in [-0.1, -0.05) is 42.5 Å². The lowest BCUT2D eigenvalue weighted by atomic mass is 10.2. The van der Waals surface area contributed by atoms with E-state index in [-0.39, 0.29) is 11.6 Å². The summed E-state index contributed by atoms with van der Waals surface area (Å²) >= 11 is 0. The average molecular weight is 383 g/mol. The van der Waals surface area contributed by atoms with Crippen molar-refractivity contribution in [3.05, 3.63) is 90.7 Å². The molecule has 0 N–H and O–H groups in total. The molecule has 140 valence electrons. The SMILES string of the molecule is C=CCN(c1ccc(C)cc1OCc1ccccc1)S(=O)(=O)c1ccco1. The fourth-order valence-corrected chi connectivity index (χ4v) is 4.00. The highest BCUT2D eigenvalue weighted by Gasteiger charge is 2.29. The summed E-state index contributed by atoms with van der Waals surface area (Å²) in [7, 11) is -3.88. The molecule has 0 saturated carbocycles. The molecule has 0 aliphatic heterocycles. The first-order valence-corrected chi connectivity index (χ1v) is 9.91. The summed E-state index contributed by atoms with van der Waals surface area (Å²) < 4.78 is 38.4. The van der Waals surface area contributed by atoms with Crippen LogP contribution in [-0.4, -0.2) is 15.0 Å². The van der Waals surface area contributed by atoms with Gasteiger partial charge in [-0.15, -0.1) is 6.58 Å². The Bertz CT molecular complexity index is 996. The number of aryl methyl sites for hydroxylation is 1. The van der Waals surface area contributed by atoms with Gasteiger partial charge in [-0.3, -0.25) is 4.31 Å². The van der Waals surface area contributed by atoms with Crippen molar-refractivity contribution in [3.8, 4) is 5.75 Å². The number of ether oxygens (including phenoxy) is 1. The number of anilines is 1. The Morgan fingerprint density at radius 3 is 2.56 bits per heavy atom. The predicted molar refractivity (Wildman–Crippen MR) is 105 cm³/mol. The molecule has 6 heteroatoms. The molecule has 1 heterocycles. The molecule has 0 bridgehead atoms. The van der Waals surface area contributed by atoms with E-state index < -0.39 is 10.0 Å². The second kappa shape index (κ2) is 8.14. The van der Waals surface area contributed by atoms with Crippen LogP contribution in [0.25, 0.3) is 0 Å². The second-order valence-electron chi connectivity index (χ2n) is 6.00. The van der Waals surface area contributed by atoms with Gasteiger partial charge in [0, 0.05) is 0 Å². The van der Waals surface area contributed by atoms with Gasteiger partial charge in [-0.25, -0.2) is 0 Å². The van der Waals surface area contributed by atoms with E-state index in [1.807, 2.05) is 49.4 Å². The molecular formula is C21H21NO4S. The largest absolute Gasteiger partial charge is 0.487 e.